The molecule has 138 valence electrons. The van der Waals surface area contributed by atoms with E-state index in [-0.39, 0.29) is 24.2 Å². The van der Waals surface area contributed by atoms with Gasteiger partial charge in [-0.25, -0.2) is 0 Å². The molecular weight excluding hydrogens is 344 g/mol. The van der Waals surface area contributed by atoms with Crippen LogP contribution in [0.25, 0.3) is 0 Å². The lowest BCUT2D eigenvalue weighted by molar-refractivity contribution is -0.122. The van der Waals surface area contributed by atoms with Gasteiger partial charge in [0.1, 0.15) is 23.3 Å². The number of ether oxygens (including phenoxy) is 2. The summed E-state index contributed by atoms with van der Waals surface area (Å²) in [6.07, 6.45) is 0.919. The van der Waals surface area contributed by atoms with E-state index in [1.165, 1.54) is 4.90 Å². The second kappa shape index (κ2) is 7.92. The highest BCUT2D eigenvalue weighted by atomic mass is 16.5. The third kappa shape index (κ3) is 3.77. The fraction of sp³-hybridized carbons (Fsp3) is 0.286. The number of amides is 2. The van der Waals surface area contributed by atoms with Gasteiger partial charge in [-0.05, 0) is 49.7 Å². The Kier molecular flexibility index (Phi) is 5.41. The van der Waals surface area contributed by atoms with Crippen LogP contribution in [-0.2, 0) is 9.59 Å². The van der Waals surface area contributed by atoms with Crippen molar-refractivity contribution in [2.75, 3.05) is 11.5 Å². The standard InChI is InChI=1S/C21H20N2O4/c1-3-14-11-20(24)23(21(14)25)16-6-9-17(10-7-16)27-18-8-5-15(13-22)19(12-18)26-4-2/h5-10,12,14H,3-4,11H2,1-2H3/t14-/m0/s1. The largest absolute Gasteiger partial charge is 0.492 e. The van der Waals surface area contributed by atoms with Crippen molar-refractivity contribution in [2.45, 2.75) is 26.7 Å². The Labute approximate surface area is 157 Å². The number of carbonyl (C=O) groups is 2. The summed E-state index contributed by atoms with van der Waals surface area (Å²) in [5.41, 5.74) is 0.985. The molecule has 1 aliphatic rings. The van der Waals surface area contributed by atoms with E-state index in [0.717, 1.165) is 0 Å². The molecule has 1 fully saturated rings. The van der Waals surface area contributed by atoms with E-state index in [1.54, 1.807) is 42.5 Å². The van der Waals surface area contributed by atoms with Gasteiger partial charge in [-0.2, -0.15) is 5.26 Å². The van der Waals surface area contributed by atoms with Gasteiger partial charge < -0.3 is 9.47 Å². The van der Waals surface area contributed by atoms with E-state index >= 15 is 0 Å². The van der Waals surface area contributed by atoms with E-state index in [4.69, 9.17) is 14.7 Å². The molecule has 1 atom stereocenters. The molecule has 2 aromatic carbocycles. The Balaban J connectivity index is 1.77. The Morgan fingerprint density at radius 3 is 2.41 bits per heavy atom. The number of rotatable bonds is 6. The first kappa shape index (κ1) is 18.5. The number of benzene rings is 2. The van der Waals surface area contributed by atoms with Gasteiger partial charge in [-0.3, -0.25) is 14.5 Å². The van der Waals surface area contributed by atoms with Crippen LogP contribution in [0.5, 0.6) is 17.2 Å². The fourth-order valence-corrected chi connectivity index (χ4v) is 3.02. The van der Waals surface area contributed by atoms with Crippen LogP contribution in [0.4, 0.5) is 5.69 Å². The molecule has 2 amide bonds. The summed E-state index contributed by atoms with van der Waals surface area (Å²) >= 11 is 0. The lowest BCUT2D eigenvalue weighted by Gasteiger charge is -2.15. The molecule has 6 heteroatoms. The van der Waals surface area contributed by atoms with Crippen LogP contribution in [0.15, 0.2) is 42.5 Å². The molecule has 1 aliphatic heterocycles. The van der Waals surface area contributed by atoms with Crippen molar-refractivity contribution < 1.29 is 19.1 Å². The third-order valence-electron chi connectivity index (χ3n) is 4.44. The molecule has 2 aromatic rings. The van der Waals surface area contributed by atoms with Crippen LogP contribution in [-0.4, -0.2) is 18.4 Å². The second-order valence-electron chi connectivity index (χ2n) is 6.18. The van der Waals surface area contributed by atoms with Gasteiger partial charge in [-0.15, -0.1) is 0 Å². The SMILES string of the molecule is CCOc1cc(Oc2ccc(N3C(=O)C[C@H](CC)C3=O)cc2)ccc1C#N. The molecule has 0 saturated carbocycles. The van der Waals surface area contributed by atoms with E-state index < -0.39 is 0 Å². The summed E-state index contributed by atoms with van der Waals surface area (Å²) in [5.74, 6) is 0.997. The molecule has 6 nitrogen and oxygen atoms in total. The molecule has 0 aliphatic carbocycles. The molecule has 0 N–H and O–H groups in total. The minimum absolute atomic E-state index is 0.149. The lowest BCUT2D eigenvalue weighted by Crippen LogP contribution is -2.30. The molecule has 0 bridgehead atoms. The Morgan fingerprint density at radius 1 is 1.11 bits per heavy atom. The topological polar surface area (TPSA) is 79.6 Å². The smallest absolute Gasteiger partial charge is 0.237 e. The van der Waals surface area contributed by atoms with Crippen molar-refractivity contribution in [1.29, 1.82) is 5.26 Å². The van der Waals surface area contributed by atoms with Gasteiger partial charge in [0.2, 0.25) is 11.8 Å². The third-order valence-corrected chi connectivity index (χ3v) is 4.44. The minimum Gasteiger partial charge on any atom is -0.492 e. The van der Waals surface area contributed by atoms with E-state index in [0.29, 0.717) is 41.5 Å². The Morgan fingerprint density at radius 2 is 1.81 bits per heavy atom. The van der Waals surface area contributed by atoms with Crippen molar-refractivity contribution in [3.8, 4) is 23.3 Å². The quantitative estimate of drug-likeness (QED) is 0.723. The normalized spacial score (nSPS) is 16.3. The molecule has 27 heavy (non-hydrogen) atoms. The summed E-state index contributed by atoms with van der Waals surface area (Å²) in [4.78, 5) is 25.7. The van der Waals surface area contributed by atoms with Gasteiger partial charge in [0, 0.05) is 18.4 Å². The van der Waals surface area contributed by atoms with Crippen LogP contribution < -0.4 is 14.4 Å². The molecule has 0 unspecified atom stereocenters. The monoisotopic (exact) mass is 364 g/mol. The van der Waals surface area contributed by atoms with Crippen molar-refractivity contribution in [1.82, 2.24) is 0 Å². The summed E-state index contributed by atoms with van der Waals surface area (Å²) in [6, 6.07) is 13.9. The maximum Gasteiger partial charge on any atom is 0.237 e. The summed E-state index contributed by atoms with van der Waals surface area (Å²) in [5, 5.41) is 9.11. The van der Waals surface area contributed by atoms with Gasteiger partial charge in [0.15, 0.2) is 0 Å². The van der Waals surface area contributed by atoms with Gasteiger partial charge >= 0.3 is 0 Å². The van der Waals surface area contributed by atoms with Crippen molar-refractivity contribution >= 4 is 17.5 Å². The molecular formula is C21H20N2O4. The highest BCUT2D eigenvalue weighted by Crippen LogP contribution is 2.32. The number of imide groups is 1. The lowest BCUT2D eigenvalue weighted by atomic mass is 10.1. The van der Waals surface area contributed by atoms with Gasteiger partial charge in [0.05, 0.1) is 17.9 Å². The van der Waals surface area contributed by atoms with Crippen LogP contribution in [0.3, 0.4) is 0 Å². The molecule has 0 spiro atoms. The Hall–Kier alpha value is -3.33. The zero-order valence-corrected chi connectivity index (χ0v) is 15.3. The highest BCUT2D eigenvalue weighted by Gasteiger charge is 2.38. The first-order valence-corrected chi connectivity index (χ1v) is 8.89. The average molecular weight is 364 g/mol. The van der Waals surface area contributed by atoms with Crippen LogP contribution in [0.2, 0.25) is 0 Å². The zero-order chi connectivity index (χ0) is 19.4. The average Bonchev–Trinajstić information content (AvgIpc) is 2.96. The number of hydrogen-bond acceptors (Lipinski definition) is 5. The van der Waals surface area contributed by atoms with Crippen LogP contribution in [0.1, 0.15) is 32.3 Å². The molecule has 0 radical (unpaired) electrons. The predicted octanol–water partition coefficient (Wildman–Crippen LogP) is 4.04. The van der Waals surface area contributed by atoms with Gasteiger partial charge in [0.25, 0.3) is 0 Å². The predicted molar refractivity (Wildman–Crippen MR) is 99.7 cm³/mol. The van der Waals surface area contributed by atoms with Gasteiger partial charge in [-0.1, -0.05) is 6.92 Å². The number of hydrogen-bond donors (Lipinski definition) is 0. The molecule has 0 aromatic heterocycles. The summed E-state index contributed by atoms with van der Waals surface area (Å²) < 4.78 is 11.3. The molecule has 3 rings (SSSR count). The van der Waals surface area contributed by atoms with Crippen molar-refractivity contribution in [3.05, 3.63) is 48.0 Å². The second-order valence-corrected chi connectivity index (χ2v) is 6.18. The van der Waals surface area contributed by atoms with Crippen molar-refractivity contribution in [2.24, 2.45) is 5.92 Å². The summed E-state index contributed by atoms with van der Waals surface area (Å²) in [6.45, 7) is 4.20. The number of anilines is 1. The van der Waals surface area contributed by atoms with Crippen LogP contribution in [0, 0.1) is 17.2 Å². The first-order valence-electron chi connectivity index (χ1n) is 8.89. The van der Waals surface area contributed by atoms with E-state index in [2.05, 4.69) is 6.07 Å². The first-order chi connectivity index (χ1) is 13.1. The van der Waals surface area contributed by atoms with Crippen molar-refractivity contribution in [3.63, 3.8) is 0 Å². The number of nitriles is 1. The molecule has 1 heterocycles. The zero-order valence-electron chi connectivity index (χ0n) is 15.3. The van der Waals surface area contributed by atoms with E-state index in [1.807, 2.05) is 13.8 Å². The number of nitrogens with zero attached hydrogens (tertiary/aromatic N) is 2. The fourth-order valence-electron chi connectivity index (χ4n) is 3.02. The highest BCUT2D eigenvalue weighted by molar-refractivity contribution is 6.20. The summed E-state index contributed by atoms with van der Waals surface area (Å²) in [7, 11) is 0. The molecule has 1 saturated heterocycles. The number of carbonyl (C=O) groups excluding carboxylic acids is 2. The minimum atomic E-state index is -0.232. The van der Waals surface area contributed by atoms with Crippen LogP contribution >= 0.6 is 0 Å². The maximum atomic E-state index is 12.3. The maximum absolute atomic E-state index is 12.3. The Bertz CT molecular complexity index is 899. The van der Waals surface area contributed by atoms with E-state index in [9.17, 15) is 9.59 Å².